The average molecular weight is 422 g/mol. The number of hydrogen-bond acceptors (Lipinski definition) is 4. The first-order valence-corrected chi connectivity index (χ1v) is 9.77. The highest BCUT2D eigenvalue weighted by Crippen LogP contribution is 2.24. The fraction of sp³-hybridized carbons (Fsp3) is 0.130. The van der Waals surface area contributed by atoms with Gasteiger partial charge in [-0.15, -0.1) is 0 Å². The zero-order valence-electron chi connectivity index (χ0n) is 16.3. The second-order valence-electron chi connectivity index (χ2n) is 6.59. The first-order chi connectivity index (χ1) is 14.6. The smallest absolute Gasteiger partial charge is 0.244 e. The van der Waals surface area contributed by atoms with E-state index in [-0.39, 0.29) is 19.1 Å². The predicted molar refractivity (Wildman–Crippen MR) is 117 cm³/mol. The minimum atomic E-state index is -0.185. The molecule has 0 saturated heterocycles. The molecule has 0 aliphatic carbocycles. The SMILES string of the molecule is COc1ccccc1NC(=O)Cn1c(COc2ccc(Cl)cc2)nc2ccccc21. The molecule has 4 rings (SSSR count). The molecule has 30 heavy (non-hydrogen) atoms. The first-order valence-electron chi connectivity index (χ1n) is 9.39. The van der Waals surface area contributed by atoms with E-state index < -0.39 is 0 Å². The first kappa shape index (κ1) is 19.8. The van der Waals surface area contributed by atoms with Crippen LogP contribution in [0.3, 0.4) is 0 Å². The number of benzene rings is 3. The molecular formula is C23H20ClN3O3. The van der Waals surface area contributed by atoms with Crippen molar-refractivity contribution in [1.82, 2.24) is 9.55 Å². The normalized spacial score (nSPS) is 10.7. The van der Waals surface area contributed by atoms with E-state index in [2.05, 4.69) is 10.3 Å². The van der Waals surface area contributed by atoms with Gasteiger partial charge in [-0.1, -0.05) is 35.9 Å². The van der Waals surface area contributed by atoms with Crippen LogP contribution in [0.2, 0.25) is 5.02 Å². The molecule has 152 valence electrons. The summed E-state index contributed by atoms with van der Waals surface area (Å²) in [6, 6.07) is 22.1. The third-order valence-electron chi connectivity index (χ3n) is 4.60. The molecule has 0 aliphatic rings. The lowest BCUT2D eigenvalue weighted by molar-refractivity contribution is -0.116. The van der Waals surface area contributed by atoms with Gasteiger partial charge in [-0.25, -0.2) is 4.98 Å². The Labute approximate surface area is 179 Å². The van der Waals surface area contributed by atoms with Crippen LogP contribution in [0.15, 0.2) is 72.8 Å². The number of aromatic nitrogens is 2. The van der Waals surface area contributed by atoms with E-state index >= 15 is 0 Å². The molecule has 4 aromatic rings. The number of nitrogens with zero attached hydrogens (tertiary/aromatic N) is 2. The maximum Gasteiger partial charge on any atom is 0.244 e. The Morgan fingerprint density at radius 1 is 1.03 bits per heavy atom. The van der Waals surface area contributed by atoms with Crippen molar-refractivity contribution in [3.05, 3.63) is 83.6 Å². The maximum atomic E-state index is 12.8. The highest BCUT2D eigenvalue weighted by molar-refractivity contribution is 6.30. The number of imidazole rings is 1. The molecule has 0 atom stereocenters. The van der Waals surface area contributed by atoms with Crippen molar-refractivity contribution in [3.8, 4) is 11.5 Å². The van der Waals surface area contributed by atoms with Gasteiger partial charge in [0, 0.05) is 5.02 Å². The van der Waals surface area contributed by atoms with Gasteiger partial charge in [0.1, 0.15) is 30.5 Å². The van der Waals surface area contributed by atoms with Gasteiger partial charge in [-0.3, -0.25) is 4.79 Å². The van der Waals surface area contributed by atoms with Gasteiger partial charge in [0.2, 0.25) is 5.91 Å². The van der Waals surface area contributed by atoms with Crippen molar-refractivity contribution in [3.63, 3.8) is 0 Å². The summed E-state index contributed by atoms with van der Waals surface area (Å²) in [7, 11) is 1.57. The Bertz CT molecular complexity index is 1170. The van der Waals surface area contributed by atoms with Crippen molar-refractivity contribution in [2.75, 3.05) is 12.4 Å². The molecule has 3 aromatic carbocycles. The maximum absolute atomic E-state index is 12.8. The summed E-state index contributed by atoms with van der Waals surface area (Å²) in [5, 5.41) is 3.54. The van der Waals surface area contributed by atoms with Crippen LogP contribution < -0.4 is 14.8 Å². The second-order valence-corrected chi connectivity index (χ2v) is 7.03. The highest BCUT2D eigenvalue weighted by atomic mass is 35.5. The number of ether oxygens (including phenoxy) is 2. The summed E-state index contributed by atoms with van der Waals surface area (Å²) in [5.74, 6) is 1.75. The van der Waals surface area contributed by atoms with E-state index in [1.165, 1.54) is 0 Å². The molecule has 0 fully saturated rings. The van der Waals surface area contributed by atoms with E-state index in [0.717, 1.165) is 11.0 Å². The van der Waals surface area contributed by atoms with Gasteiger partial charge in [-0.2, -0.15) is 0 Å². The van der Waals surface area contributed by atoms with E-state index in [1.54, 1.807) is 43.5 Å². The molecule has 0 saturated carbocycles. The van der Waals surface area contributed by atoms with Gasteiger partial charge in [0.05, 0.1) is 23.8 Å². The minimum absolute atomic E-state index is 0.0951. The topological polar surface area (TPSA) is 65.4 Å². The van der Waals surface area contributed by atoms with Crippen LogP contribution in [-0.4, -0.2) is 22.6 Å². The van der Waals surface area contributed by atoms with Gasteiger partial charge in [0.25, 0.3) is 0 Å². The third kappa shape index (κ3) is 4.39. The van der Waals surface area contributed by atoms with Crippen molar-refractivity contribution in [2.24, 2.45) is 0 Å². The molecule has 0 unspecified atom stereocenters. The lowest BCUT2D eigenvalue weighted by Gasteiger charge is -2.13. The fourth-order valence-corrected chi connectivity index (χ4v) is 3.30. The van der Waals surface area contributed by atoms with Crippen LogP contribution in [0.25, 0.3) is 11.0 Å². The van der Waals surface area contributed by atoms with Crippen LogP contribution in [0.5, 0.6) is 11.5 Å². The Balaban J connectivity index is 1.56. The Morgan fingerprint density at radius 3 is 2.57 bits per heavy atom. The zero-order valence-corrected chi connectivity index (χ0v) is 17.1. The number of rotatable bonds is 7. The monoisotopic (exact) mass is 421 g/mol. The summed E-state index contributed by atoms with van der Waals surface area (Å²) in [4.78, 5) is 17.4. The minimum Gasteiger partial charge on any atom is -0.495 e. The van der Waals surface area contributed by atoms with Crippen LogP contribution in [0.4, 0.5) is 5.69 Å². The Hall–Kier alpha value is -3.51. The number of carbonyl (C=O) groups excluding carboxylic acids is 1. The van der Waals surface area contributed by atoms with Crippen molar-refractivity contribution in [1.29, 1.82) is 0 Å². The van der Waals surface area contributed by atoms with E-state index in [0.29, 0.717) is 28.0 Å². The third-order valence-corrected chi connectivity index (χ3v) is 4.85. The molecule has 1 heterocycles. The molecule has 6 nitrogen and oxygen atoms in total. The molecule has 0 radical (unpaired) electrons. The van der Waals surface area contributed by atoms with Gasteiger partial charge < -0.3 is 19.4 Å². The lowest BCUT2D eigenvalue weighted by atomic mass is 10.3. The van der Waals surface area contributed by atoms with Crippen molar-refractivity contribution in [2.45, 2.75) is 13.2 Å². The number of anilines is 1. The Kier molecular flexibility index (Phi) is 5.86. The van der Waals surface area contributed by atoms with Gasteiger partial charge in [-0.05, 0) is 48.5 Å². The molecule has 1 aromatic heterocycles. The number of para-hydroxylation sites is 4. The summed E-state index contributed by atoms with van der Waals surface area (Å²) < 4.78 is 13.0. The summed E-state index contributed by atoms with van der Waals surface area (Å²) in [6.07, 6.45) is 0. The number of amides is 1. The van der Waals surface area contributed by atoms with Crippen molar-refractivity contribution >= 4 is 34.2 Å². The molecule has 0 bridgehead atoms. The highest BCUT2D eigenvalue weighted by Gasteiger charge is 2.15. The van der Waals surface area contributed by atoms with Crippen LogP contribution >= 0.6 is 11.6 Å². The van der Waals surface area contributed by atoms with Gasteiger partial charge in [0.15, 0.2) is 0 Å². The number of hydrogen-bond donors (Lipinski definition) is 1. The lowest BCUT2D eigenvalue weighted by Crippen LogP contribution is -2.21. The summed E-state index contributed by atoms with van der Waals surface area (Å²) >= 11 is 5.93. The summed E-state index contributed by atoms with van der Waals surface area (Å²) in [6.45, 7) is 0.316. The number of methoxy groups -OCH3 is 1. The number of carbonyl (C=O) groups is 1. The number of nitrogens with one attached hydrogen (secondary N) is 1. The van der Waals surface area contributed by atoms with Crippen molar-refractivity contribution < 1.29 is 14.3 Å². The molecule has 7 heteroatoms. The van der Waals surface area contributed by atoms with Crippen LogP contribution in [0, 0.1) is 0 Å². The van der Waals surface area contributed by atoms with Crippen LogP contribution in [-0.2, 0) is 17.9 Å². The van der Waals surface area contributed by atoms with Crippen LogP contribution in [0.1, 0.15) is 5.82 Å². The zero-order chi connectivity index (χ0) is 20.9. The molecule has 1 N–H and O–H groups in total. The van der Waals surface area contributed by atoms with E-state index in [4.69, 9.17) is 21.1 Å². The molecular weight excluding hydrogens is 402 g/mol. The fourth-order valence-electron chi connectivity index (χ4n) is 3.17. The molecule has 1 amide bonds. The standard InChI is InChI=1S/C23H20ClN3O3/c1-29-21-9-5-3-7-19(21)26-23(28)14-27-20-8-4-2-6-18(20)25-22(27)15-30-17-12-10-16(24)11-13-17/h2-13H,14-15H2,1H3,(H,26,28). The van der Waals surface area contributed by atoms with E-state index in [9.17, 15) is 4.79 Å². The molecule has 0 aliphatic heterocycles. The quantitative estimate of drug-likeness (QED) is 0.460. The summed E-state index contributed by atoms with van der Waals surface area (Å²) in [5.41, 5.74) is 2.29. The largest absolute Gasteiger partial charge is 0.495 e. The Morgan fingerprint density at radius 2 is 1.77 bits per heavy atom. The molecule has 0 spiro atoms. The number of fused-ring (bicyclic) bond motifs is 1. The second kappa shape index (κ2) is 8.88. The average Bonchev–Trinajstić information content (AvgIpc) is 3.11. The van der Waals surface area contributed by atoms with E-state index in [1.807, 2.05) is 41.0 Å². The number of halogens is 1. The predicted octanol–water partition coefficient (Wildman–Crippen LogP) is 4.92. The van der Waals surface area contributed by atoms with Gasteiger partial charge >= 0.3 is 0 Å².